The number of nitrogens with zero attached hydrogens (tertiary/aromatic N) is 1. The molecule has 78 valence electrons. The first-order valence-electron chi connectivity index (χ1n) is 5.50. The highest BCUT2D eigenvalue weighted by atomic mass is 32.1. The van der Waals surface area contributed by atoms with Gasteiger partial charge in [0, 0.05) is 24.0 Å². The minimum absolute atomic E-state index is 0.766. The maximum Gasteiger partial charge on any atom is 0.0928 e. The number of hydrogen-bond acceptors (Lipinski definition) is 3. The molecule has 0 amide bonds. The Labute approximate surface area is 89.8 Å². The van der Waals surface area contributed by atoms with Crippen LogP contribution in [0.25, 0.3) is 0 Å². The number of aromatic nitrogens is 1. The Bertz CT molecular complexity index is 254. The van der Waals surface area contributed by atoms with Crippen molar-refractivity contribution in [3.05, 3.63) is 16.6 Å². The Morgan fingerprint density at radius 3 is 3.07 bits per heavy atom. The van der Waals surface area contributed by atoms with Crippen molar-refractivity contribution < 1.29 is 0 Å². The number of rotatable bonds is 6. The topological polar surface area (TPSA) is 24.9 Å². The summed E-state index contributed by atoms with van der Waals surface area (Å²) in [5, 5.41) is 6.95. The van der Waals surface area contributed by atoms with Gasteiger partial charge in [0.2, 0.25) is 0 Å². The highest BCUT2D eigenvalue weighted by Crippen LogP contribution is 2.20. The van der Waals surface area contributed by atoms with Gasteiger partial charge in [0.1, 0.15) is 0 Å². The molecule has 1 aromatic rings. The molecule has 0 radical (unpaired) electrons. The molecule has 1 atom stereocenters. The van der Waals surface area contributed by atoms with Crippen LogP contribution in [0.1, 0.15) is 31.2 Å². The summed E-state index contributed by atoms with van der Waals surface area (Å²) in [5.74, 6) is 0.766. The van der Waals surface area contributed by atoms with Crippen LogP contribution in [0.2, 0.25) is 0 Å². The second kappa shape index (κ2) is 4.89. The van der Waals surface area contributed by atoms with E-state index in [9.17, 15) is 0 Å². The summed E-state index contributed by atoms with van der Waals surface area (Å²) in [6.07, 6.45) is 7.07. The molecule has 14 heavy (non-hydrogen) atoms. The smallest absolute Gasteiger partial charge is 0.0928 e. The molecule has 1 saturated carbocycles. The highest BCUT2D eigenvalue weighted by Gasteiger charge is 2.21. The van der Waals surface area contributed by atoms with Crippen LogP contribution in [-0.2, 0) is 6.42 Å². The van der Waals surface area contributed by atoms with Crippen molar-refractivity contribution in [1.82, 2.24) is 10.3 Å². The quantitative estimate of drug-likeness (QED) is 0.780. The van der Waals surface area contributed by atoms with Crippen molar-refractivity contribution in [1.29, 1.82) is 0 Å². The normalized spacial score (nSPS) is 18.4. The monoisotopic (exact) mass is 210 g/mol. The van der Waals surface area contributed by atoms with Crippen molar-refractivity contribution in [2.24, 2.45) is 5.92 Å². The molecule has 1 unspecified atom stereocenters. The van der Waals surface area contributed by atoms with Gasteiger partial charge in [0.15, 0.2) is 0 Å². The third-order valence-electron chi connectivity index (χ3n) is 2.80. The van der Waals surface area contributed by atoms with Gasteiger partial charge < -0.3 is 5.32 Å². The third kappa shape index (κ3) is 3.07. The van der Waals surface area contributed by atoms with Crippen molar-refractivity contribution in [2.75, 3.05) is 6.54 Å². The second-order valence-electron chi connectivity index (χ2n) is 4.09. The summed E-state index contributed by atoms with van der Waals surface area (Å²) < 4.78 is 0. The van der Waals surface area contributed by atoms with Crippen molar-refractivity contribution in [3.63, 3.8) is 0 Å². The molecule has 2 rings (SSSR count). The molecule has 0 spiro atoms. The molecule has 1 aliphatic carbocycles. The van der Waals surface area contributed by atoms with E-state index in [-0.39, 0.29) is 0 Å². The van der Waals surface area contributed by atoms with Gasteiger partial charge in [0.25, 0.3) is 0 Å². The molecular weight excluding hydrogens is 192 g/mol. The van der Waals surface area contributed by atoms with Crippen LogP contribution in [0.15, 0.2) is 11.6 Å². The average molecular weight is 210 g/mol. The van der Waals surface area contributed by atoms with Crippen molar-refractivity contribution in [2.45, 2.75) is 38.6 Å². The minimum Gasteiger partial charge on any atom is -0.314 e. The zero-order valence-corrected chi connectivity index (χ0v) is 9.52. The molecule has 0 aliphatic heterocycles. The maximum absolute atomic E-state index is 4.34. The second-order valence-corrected chi connectivity index (χ2v) is 5.07. The number of hydrogen-bond donors (Lipinski definition) is 1. The zero-order valence-electron chi connectivity index (χ0n) is 8.70. The van der Waals surface area contributed by atoms with Crippen molar-refractivity contribution in [3.8, 4) is 0 Å². The predicted octanol–water partition coefficient (Wildman–Crippen LogP) is 2.46. The van der Waals surface area contributed by atoms with Gasteiger partial charge in [-0.2, -0.15) is 0 Å². The SMILES string of the molecule is CCC(CNC1CC1)Cc1nccs1. The molecule has 1 heterocycles. The Morgan fingerprint density at radius 1 is 1.64 bits per heavy atom. The first-order chi connectivity index (χ1) is 6.88. The molecule has 2 nitrogen and oxygen atoms in total. The largest absolute Gasteiger partial charge is 0.314 e. The van der Waals surface area contributed by atoms with Crippen LogP contribution in [0, 0.1) is 5.92 Å². The molecule has 1 aliphatic rings. The third-order valence-corrected chi connectivity index (χ3v) is 3.60. The molecule has 0 saturated heterocycles. The minimum atomic E-state index is 0.766. The number of thiazole rings is 1. The van der Waals surface area contributed by atoms with Crippen LogP contribution < -0.4 is 5.32 Å². The fourth-order valence-electron chi connectivity index (χ4n) is 1.58. The summed E-state index contributed by atoms with van der Waals surface area (Å²) in [5.41, 5.74) is 0. The first kappa shape index (κ1) is 10.1. The lowest BCUT2D eigenvalue weighted by Crippen LogP contribution is -2.25. The summed E-state index contributed by atoms with van der Waals surface area (Å²) in [6, 6.07) is 0.834. The lowest BCUT2D eigenvalue weighted by Gasteiger charge is -2.13. The van der Waals surface area contributed by atoms with E-state index in [1.807, 2.05) is 6.20 Å². The van der Waals surface area contributed by atoms with Gasteiger partial charge in [-0.25, -0.2) is 4.98 Å². The van der Waals surface area contributed by atoms with Crippen LogP contribution in [0.3, 0.4) is 0 Å². The molecular formula is C11H18N2S. The molecule has 1 aromatic heterocycles. The Morgan fingerprint density at radius 2 is 2.50 bits per heavy atom. The van der Waals surface area contributed by atoms with Crippen LogP contribution in [0.5, 0.6) is 0 Å². The Balaban J connectivity index is 1.74. The van der Waals surface area contributed by atoms with E-state index in [4.69, 9.17) is 0 Å². The Hall–Kier alpha value is -0.410. The predicted molar refractivity (Wildman–Crippen MR) is 60.6 cm³/mol. The summed E-state index contributed by atoms with van der Waals surface area (Å²) in [6.45, 7) is 3.44. The van der Waals surface area contributed by atoms with Gasteiger partial charge in [-0.05, 0) is 25.3 Å². The fourth-order valence-corrected chi connectivity index (χ4v) is 2.31. The van der Waals surface area contributed by atoms with E-state index in [1.54, 1.807) is 11.3 Å². The average Bonchev–Trinajstić information content (AvgIpc) is 2.90. The molecule has 1 fully saturated rings. The first-order valence-corrected chi connectivity index (χ1v) is 6.38. The lowest BCUT2D eigenvalue weighted by atomic mass is 10.0. The number of nitrogens with one attached hydrogen (secondary N) is 1. The zero-order chi connectivity index (χ0) is 9.80. The van der Waals surface area contributed by atoms with Crippen LogP contribution in [-0.4, -0.2) is 17.6 Å². The summed E-state index contributed by atoms with van der Waals surface area (Å²) in [7, 11) is 0. The van der Waals surface area contributed by atoms with E-state index in [1.165, 1.54) is 30.8 Å². The van der Waals surface area contributed by atoms with Gasteiger partial charge >= 0.3 is 0 Å². The molecule has 0 aromatic carbocycles. The van der Waals surface area contributed by atoms with Gasteiger partial charge in [-0.1, -0.05) is 13.3 Å². The van der Waals surface area contributed by atoms with Gasteiger partial charge in [0.05, 0.1) is 5.01 Å². The van der Waals surface area contributed by atoms with E-state index < -0.39 is 0 Å². The van der Waals surface area contributed by atoms with Crippen molar-refractivity contribution >= 4 is 11.3 Å². The molecule has 1 N–H and O–H groups in total. The molecule has 0 bridgehead atoms. The van der Waals surface area contributed by atoms with E-state index in [0.29, 0.717) is 0 Å². The van der Waals surface area contributed by atoms with E-state index in [2.05, 4.69) is 22.6 Å². The van der Waals surface area contributed by atoms with Gasteiger partial charge in [-0.15, -0.1) is 11.3 Å². The molecule has 3 heteroatoms. The van der Waals surface area contributed by atoms with E-state index >= 15 is 0 Å². The van der Waals surface area contributed by atoms with E-state index in [0.717, 1.165) is 18.4 Å². The van der Waals surface area contributed by atoms with Crippen LogP contribution >= 0.6 is 11.3 Å². The Kier molecular flexibility index (Phi) is 3.54. The van der Waals surface area contributed by atoms with Crippen LogP contribution in [0.4, 0.5) is 0 Å². The highest BCUT2D eigenvalue weighted by molar-refractivity contribution is 7.09. The maximum atomic E-state index is 4.34. The van der Waals surface area contributed by atoms with Gasteiger partial charge in [-0.3, -0.25) is 0 Å². The summed E-state index contributed by atoms with van der Waals surface area (Å²) >= 11 is 1.78. The fraction of sp³-hybridized carbons (Fsp3) is 0.727. The summed E-state index contributed by atoms with van der Waals surface area (Å²) in [4.78, 5) is 4.34. The standard InChI is InChI=1S/C11H18N2S/c1-2-9(8-13-10-3-4-10)7-11-12-5-6-14-11/h5-6,9-10,13H,2-4,7-8H2,1H3. The lowest BCUT2D eigenvalue weighted by molar-refractivity contribution is 0.458.